The van der Waals surface area contributed by atoms with Crippen LogP contribution in [0.5, 0.6) is 0 Å². The summed E-state index contributed by atoms with van der Waals surface area (Å²) in [5.41, 5.74) is -0.392. The van der Waals surface area contributed by atoms with Crippen molar-refractivity contribution < 1.29 is 24.4 Å². The lowest BCUT2D eigenvalue weighted by Gasteiger charge is -2.41. The molecule has 5 nitrogen and oxygen atoms in total. The normalized spacial score (nSPS) is 41.1. The fourth-order valence-corrected chi connectivity index (χ4v) is 1.62. The van der Waals surface area contributed by atoms with Gasteiger partial charge in [0.1, 0.15) is 24.5 Å². The molecule has 1 fully saturated rings. The fourth-order valence-electron chi connectivity index (χ4n) is 1.62. The SMILES string of the molecule is CC(C)(C)N[C@@H]1O[C@H](CO)[C@@H](O)[C@H](O)[C@H]1F. The van der Waals surface area contributed by atoms with E-state index in [4.69, 9.17) is 9.84 Å². The van der Waals surface area contributed by atoms with Crippen LogP contribution in [0.4, 0.5) is 4.39 Å². The van der Waals surface area contributed by atoms with E-state index < -0.39 is 42.9 Å². The molecule has 1 heterocycles. The smallest absolute Gasteiger partial charge is 0.168 e. The Labute approximate surface area is 94.2 Å². The molecule has 16 heavy (non-hydrogen) atoms. The van der Waals surface area contributed by atoms with Crippen molar-refractivity contribution in [3.63, 3.8) is 0 Å². The molecule has 0 aromatic carbocycles. The predicted molar refractivity (Wildman–Crippen MR) is 55.5 cm³/mol. The average Bonchev–Trinajstić information content (AvgIpc) is 2.17. The van der Waals surface area contributed by atoms with Gasteiger partial charge in [-0.25, -0.2) is 4.39 Å². The Bertz CT molecular complexity index is 231. The van der Waals surface area contributed by atoms with Gasteiger partial charge in [0.25, 0.3) is 0 Å². The number of halogens is 1. The Morgan fingerprint density at radius 3 is 2.25 bits per heavy atom. The minimum Gasteiger partial charge on any atom is -0.394 e. The maximum absolute atomic E-state index is 13.7. The molecule has 0 bridgehead atoms. The van der Waals surface area contributed by atoms with E-state index in [0.717, 1.165) is 0 Å². The Kier molecular flexibility index (Phi) is 4.25. The summed E-state index contributed by atoms with van der Waals surface area (Å²) < 4.78 is 18.8. The van der Waals surface area contributed by atoms with Gasteiger partial charge >= 0.3 is 0 Å². The zero-order chi connectivity index (χ0) is 12.5. The molecule has 5 atom stereocenters. The zero-order valence-electron chi connectivity index (χ0n) is 9.72. The minimum atomic E-state index is -1.72. The first kappa shape index (κ1) is 13.8. The van der Waals surface area contributed by atoms with E-state index in [2.05, 4.69) is 5.32 Å². The van der Waals surface area contributed by atoms with Gasteiger partial charge in [-0.2, -0.15) is 0 Å². The molecule has 0 aromatic heterocycles. The third-order valence-corrected chi connectivity index (χ3v) is 2.42. The van der Waals surface area contributed by atoms with E-state index in [1.165, 1.54) is 0 Å². The third-order valence-electron chi connectivity index (χ3n) is 2.42. The van der Waals surface area contributed by atoms with Crippen molar-refractivity contribution in [3.05, 3.63) is 0 Å². The van der Waals surface area contributed by atoms with Crippen molar-refractivity contribution in [2.75, 3.05) is 6.61 Å². The molecule has 96 valence electrons. The molecule has 0 saturated carbocycles. The summed E-state index contributed by atoms with van der Waals surface area (Å²) in [6.45, 7) is 5.02. The van der Waals surface area contributed by atoms with Crippen LogP contribution in [0, 0.1) is 0 Å². The van der Waals surface area contributed by atoms with Gasteiger partial charge in [0.05, 0.1) is 6.61 Å². The summed E-state index contributed by atoms with van der Waals surface area (Å²) >= 11 is 0. The van der Waals surface area contributed by atoms with Crippen LogP contribution >= 0.6 is 0 Å². The van der Waals surface area contributed by atoms with Gasteiger partial charge in [0.2, 0.25) is 0 Å². The molecule has 0 aromatic rings. The van der Waals surface area contributed by atoms with E-state index in [9.17, 15) is 14.6 Å². The molecule has 1 rings (SSSR count). The van der Waals surface area contributed by atoms with E-state index in [0.29, 0.717) is 0 Å². The molecule has 4 N–H and O–H groups in total. The number of alkyl halides is 1. The number of ether oxygens (including phenoxy) is 1. The number of nitrogens with one attached hydrogen (secondary N) is 1. The third kappa shape index (κ3) is 3.11. The van der Waals surface area contributed by atoms with Gasteiger partial charge in [-0.1, -0.05) is 0 Å². The van der Waals surface area contributed by atoms with Crippen LogP contribution in [0.2, 0.25) is 0 Å². The highest BCUT2D eigenvalue weighted by Gasteiger charge is 2.45. The van der Waals surface area contributed by atoms with Gasteiger partial charge in [0, 0.05) is 5.54 Å². The molecule has 0 radical (unpaired) electrons. The number of rotatable bonds is 2. The van der Waals surface area contributed by atoms with Crippen LogP contribution in [0.3, 0.4) is 0 Å². The topological polar surface area (TPSA) is 82.0 Å². The van der Waals surface area contributed by atoms with Gasteiger partial charge in [0.15, 0.2) is 6.17 Å². The lowest BCUT2D eigenvalue weighted by Crippen LogP contribution is -2.63. The standard InChI is InChI=1S/C10H20FNO4/c1-10(2,3)12-9-6(11)8(15)7(14)5(4-13)16-9/h5-9,12-15H,4H2,1-3H3/t5-,6-,7-,8-,9-/m1/s1. The lowest BCUT2D eigenvalue weighted by atomic mass is 9.98. The molecule has 0 unspecified atom stereocenters. The molecular weight excluding hydrogens is 217 g/mol. The van der Waals surface area contributed by atoms with Crippen molar-refractivity contribution in [1.82, 2.24) is 5.32 Å². The quantitative estimate of drug-likeness (QED) is 0.503. The molecule has 0 amide bonds. The van der Waals surface area contributed by atoms with Gasteiger partial charge < -0.3 is 20.1 Å². The number of hydrogen-bond donors (Lipinski definition) is 4. The summed E-state index contributed by atoms with van der Waals surface area (Å²) in [5, 5.41) is 30.7. The minimum absolute atomic E-state index is 0.392. The Balaban J connectivity index is 2.71. The van der Waals surface area contributed by atoms with E-state index in [-0.39, 0.29) is 0 Å². The predicted octanol–water partition coefficient (Wildman–Crippen LogP) is -0.848. The van der Waals surface area contributed by atoms with Crippen LogP contribution < -0.4 is 5.32 Å². The van der Waals surface area contributed by atoms with Gasteiger partial charge in [-0.15, -0.1) is 0 Å². The maximum atomic E-state index is 13.7. The van der Waals surface area contributed by atoms with Gasteiger partial charge in [-0.05, 0) is 20.8 Å². The molecular formula is C10H20FNO4. The van der Waals surface area contributed by atoms with Crippen LogP contribution in [-0.2, 0) is 4.74 Å². The van der Waals surface area contributed by atoms with Crippen molar-refractivity contribution in [1.29, 1.82) is 0 Å². The van der Waals surface area contributed by atoms with Crippen LogP contribution in [0.25, 0.3) is 0 Å². The molecule has 1 saturated heterocycles. The second-order valence-electron chi connectivity index (χ2n) is 5.10. The summed E-state index contributed by atoms with van der Waals surface area (Å²) in [5.74, 6) is 0. The molecule has 0 aliphatic carbocycles. The van der Waals surface area contributed by atoms with Crippen molar-refractivity contribution in [2.24, 2.45) is 0 Å². The molecule has 1 aliphatic heterocycles. The summed E-state index contributed by atoms with van der Waals surface area (Å²) in [6, 6.07) is 0. The Hall–Kier alpha value is -0.270. The Morgan fingerprint density at radius 2 is 1.81 bits per heavy atom. The first-order valence-corrected chi connectivity index (χ1v) is 5.30. The fraction of sp³-hybridized carbons (Fsp3) is 1.00. The molecule has 6 heteroatoms. The van der Waals surface area contributed by atoms with Crippen molar-refractivity contribution >= 4 is 0 Å². The number of hydrogen-bond acceptors (Lipinski definition) is 5. The molecule has 0 spiro atoms. The average molecular weight is 237 g/mol. The van der Waals surface area contributed by atoms with Crippen LogP contribution in [-0.4, -0.2) is 58.2 Å². The Morgan fingerprint density at radius 1 is 1.25 bits per heavy atom. The second kappa shape index (κ2) is 4.93. The van der Waals surface area contributed by atoms with Gasteiger partial charge in [-0.3, -0.25) is 5.32 Å². The first-order chi connectivity index (χ1) is 7.26. The van der Waals surface area contributed by atoms with Crippen molar-refractivity contribution in [3.8, 4) is 0 Å². The number of aliphatic hydroxyl groups is 3. The highest BCUT2D eigenvalue weighted by atomic mass is 19.1. The first-order valence-electron chi connectivity index (χ1n) is 5.30. The highest BCUT2D eigenvalue weighted by Crippen LogP contribution is 2.23. The van der Waals surface area contributed by atoms with E-state index in [1.807, 2.05) is 20.8 Å². The van der Waals surface area contributed by atoms with Crippen LogP contribution in [0.15, 0.2) is 0 Å². The second-order valence-corrected chi connectivity index (χ2v) is 5.10. The lowest BCUT2D eigenvalue weighted by molar-refractivity contribution is -0.223. The van der Waals surface area contributed by atoms with Crippen molar-refractivity contribution in [2.45, 2.75) is 57.0 Å². The van der Waals surface area contributed by atoms with Crippen LogP contribution in [0.1, 0.15) is 20.8 Å². The summed E-state index contributed by atoms with van der Waals surface area (Å²) in [6.07, 6.45) is -6.68. The maximum Gasteiger partial charge on any atom is 0.168 e. The van der Waals surface area contributed by atoms with E-state index in [1.54, 1.807) is 0 Å². The highest BCUT2D eigenvalue weighted by molar-refractivity contribution is 4.93. The summed E-state index contributed by atoms with van der Waals surface area (Å²) in [7, 11) is 0. The van der Waals surface area contributed by atoms with E-state index >= 15 is 0 Å². The monoisotopic (exact) mass is 237 g/mol. The number of aliphatic hydroxyl groups excluding tert-OH is 3. The zero-order valence-corrected chi connectivity index (χ0v) is 9.72. The molecule has 1 aliphatic rings. The summed E-state index contributed by atoms with van der Waals surface area (Å²) in [4.78, 5) is 0. The largest absolute Gasteiger partial charge is 0.394 e.